The minimum absolute atomic E-state index is 1.10. The first kappa shape index (κ1) is 28.0. The summed E-state index contributed by atoms with van der Waals surface area (Å²) < 4.78 is 4.82. The Morgan fingerprint density at radius 2 is 0.784 bits per heavy atom. The highest BCUT2D eigenvalue weighted by Gasteiger charge is 2.20. The van der Waals surface area contributed by atoms with E-state index in [2.05, 4.69) is 202 Å². The summed E-state index contributed by atoms with van der Waals surface area (Å²) in [7, 11) is 0. The van der Waals surface area contributed by atoms with Crippen molar-refractivity contribution < 1.29 is 0 Å². The molecule has 11 aromatic rings. The number of rotatable bonds is 5. The lowest BCUT2D eigenvalue weighted by Gasteiger charge is -2.26. The van der Waals surface area contributed by atoms with Gasteiger partial charge in [0.25, 0.3) is 0 Å². The Bertz CT molecular complexity index is 3000. The van der Waals surface area contributed by atoms with Gasteiger partial charge in [0, 0.05) is 55.1 Å². The lowest BCUT2D eigenvalue weighted by Crippen LogP contribution is -2.10. The number of aromatic nitrogens is 2. The smallest absolute Gasteiger partial charge is 0.0620 e. The van der Waals surface area contributed by atoms with Crippen molar-refractivity contribution in [2.24, 2.45) is 0 Å². The van der Waals surface area contributed by atoms with Gasteiger partial charge in [0.1, 0.15) is 0 Å². The molecule has 11 rings (SSSR count). The second-order valence-electron chi connectivity index (χ2n) is 13.4. The predicted molar refractivity (Wildman–Crippen MR) is 216 cm³/mol. The maximum absolute atomic E-state index is 2.44. The van der Waals surface area contributed by atoms with Gasteiger partial charge in [-0.2, -0.15) is 0 Å². The van der Waals surface area contributed by atoms with Crippen LogP contribution in [0, 0.1) is 0 Å². The molecule has 0 radical (unpaired) electrons. The average molecular weight is 650 g/mol. The molecule has 3 nitrogen and oxygen atoms in total. The molecule has 0 fully saturated rings. The Labute approximate surface area is 294 Å². The molecule has 3 heteroatoms. The van der Waals surface area contributed by atoms with E-state index in [1.165, 1.54) is 71.0 Å². The number of hydrogen-bond donors (Lipinski definition) is 0. The molecule has 8 aromatic carbocycles. The Balaban J connectivity index is 1.10. The van der Waals surface area contributed by atoms with Crippen molar-refractivity contribution in [2.45, 2.75) is 0 Å². The quantitative estimate of drug-likeness (QED) is 0.181. The van der Waals surface area contributed by atoms with Crippen LogP contribution in [0.15, 0.2) is 188 Å². The molecule has 0 saturated heterocycles. The number of hydrogen-bond acceptors (Lipinski definition) is 1. The topological polar surface area (TPSA) is 12.6 Å². The van der Waals surface area contributed by atoms with Crippen LogP contribution in [-0.2, 0) is 0 Å². The first-order chi connectivity index (χ1) is 25.3. The van der Waals surface area contributed by atoms with Crippen LogP contribution < -0.4 is 4.90 Å². The van der Waals surface area contributed by atoms with Crippen LogP contribution in [0.4, 0.5) is 17.1 Å². The molecule has 3 heterocycles. The zero-order valence-corrected chi connectivity index (χ0v) is 27.7. The fourth-order valence-corrected chi connectivity index (χ4v) is 8.39. The number of nitrogens with zero attached hydrogens (tertiary/aromatic N) is 3. The molecule has 0 aliphatic rings. The monoisotopic (exact) mass is 649 g/mol. The standard InChI is InChI=1S/C48H31N3/c1-2-11-32(12-3-1)33-21-23-34(24-22-33)49(35-25-27-36(28-26-35)50-44-18-7-4-13-38(44)39-14-5-8-19-45(39)50)37-29-30-47-43(31-37)42-17-10-16-41-40-15-6-9-20-46(40)51(47)48(41)42/h1-31H. The van der Waals surface area contributed by atoms with E-state index in [1.807, 2.05) is 0 Å². The van der Waals surface area contributed by atoms with Crippen molar-refractivity contribution >= 4 is 77.0 Å². The highest BCUT2D eigenvalue weighted by atomic mass is 15.1. The van der Waals surface area contributed by atoms with Crippen LogP contribution in [0.1, 0.15) is 0 Å². The fourth-order valence-electron chi connectivity index (χ4n) is 8.39. The molecule has 0 aliphatic carbocycles. The zero-order valence-electron chi connectivity index (χ0n) is 27.7. The summed E-state index contributed by atoms with van der Waals surface area (Å²) in [6.07, 6.45) is 0. The van der Waals surface area contributed by atoms with Crippen LogP contribution in [0.5, 0.6) is 0 Å². The molecule has 0 aliphatic heterocycles. The van der Waals surface area contributed by atoms with Crippen LogP contribution in [0.25, 0.3) is 76.7 Å². The molecular formula is C48H31N3. The van der Waals surface area contributed by atoms with Crippen LogP contribution >= 0.6 is 0 Å². The summed E-state index contributed by atoms with van der Waals surface area (Å²) in [5.74, 6) is 0. The molecule has 0 unspecified atom stereocenters. The number of anilines is 3. The van der Waals surface area contributed by atoms with Gasteiger partial charge >= 0.3 is 0 Å². The van der Waals surface area contributed by atoms with E-state index < -0.39 is 0 Å². The molecule has 51 heavy (non-hydrogen) atoms. The van der Waals surface area contributed by atoms with Crippen molar-refractivity contribution in [1.82, 2.24) is 8.97 Å². The first-order valence-electron chi connectivity index (χ1n) is 17.5. The van der Waals surface area contributed by atoms with E-state index in [0.29, 0.717) is 0 Å². The number of fused-ring (bicyclic) bond motifs is 9. The highest BCUT2D eigenvalue weighted by molar-refractivity contribution is 6.23. The van der Waals surface area contributed by atoms with Gasteiger partial charge in [0.05, 0.1) is 27.6 Å². The second-order valence-corrected chi connectivity index (χ2v) is 13.4. The first-order valence-corrected chi connectivity index (χ1v) is 17.5. The van der Waals surface area contributed by atoms with E-state index in [-0.39, 0.29) is 0 Å². The van der Waals surface area contributed by atoms with Crippen molar-refractivity contribution in [1.29, 1.82) is 0 Å². The third-order valence-electron chi connectivity index (χ3n) is 10.6. The predicted octanol–water partition coefficient (Wildman–Crippen LogP) is 13.1. The van der Waals surface area contributed by atoms with Gasteiger partial charge in [0.2, 0.25) is 0 Å². The Morgan fingerprint density at radius 3 is 1.45 bits per heavy atom. The van der Waals surface area contributed by atoms with Gasteiger partial charge in [-0.15, -0.1) is 0 Å². The maximum atomic E-state index is 2.44. The van der Waals surface area contributed by atoms with E-state index in [1.54, 1.807) is 0 Å². The maximum Gasteiger partial charge on any atom is 0.0620 e. The van der Waals surface area contributed by atoms with Gasteiger partial charge in [-0.25, -0.2) is 0 Å². The Kier molecular flexibility index (Phi) is 5.96. The average Bonchev–Trinajstić information content (AvgIpc) is 3.84. The minimum atomic E-state index is 1.10. The molecular weight excluding hydrogens is 619 g/mol. The lowest BCUT2D eigenvalue weighted by atomic mass is 10.0. The molecule has 0 bridgehead atoms. The van der Waals surface area contributed by atoms with Crippen LogP contribution in [0.2, 0.25) is 0 Å². The number of benzene rings is 8. The van der Waals surface area contributed by atoms with Crippen molar-refractivity contribution in [2.75, 3.05) is 4.90 Å². The zero-order chi connectivity index (χ0) is 33.5. The van der Waals surface area contributed by atoms with Crippen molar-refractivity contribution in [3.8, 4) is 16.8 Å². The summed E-state index contributed by atoms with van der Waals surface area (Å²) in [5, 5.41) is 7.67. The Morgan fingerprint density at radius 1 is 0.314 bits per heavy atom. The summed E-state index contributed by atoms with van der Waals surface area (Å²) >= 11 is 0. The van der Waals surface area contributed by atoms with Crippen molar-refractivity contribution in [3.63, 3.8) is 0 Å². The van der Waals surface area contributed by atoms with Gasteiger partial charge in [-0.05, 0) is 83.9 Å². The minimum Gasteiger partial charge on any atom is -0.310 e. The van der Waals surface area contributed by atoms with Crippen LogP contribution in [0.3, 0.4) is 0 Å². The number of para-hydroxylation sites is 4. The molecule has 0 N–H and O–H groups in total. The van der Waals surface area contributed by atoms with E-state index in [9.17, 15) is 0 Å². The van der Waals surface area contributed by atoms with E-state index >= 15 is 0 Å². The fraction of sp³-hybridized carbons (Fsp3) is 0. The largest absolute Gasteiger partial charge is 0.310 e. The highest BCUT2D eigenvalue weighted by Crippen LogP contribution is 2.43. The summed E-state index contributed by atoms with van der Waals surface area (Å²) in [6, 6.07) is 68.4. The molecule has 238 valence electrons. The third kappa shape index (κ3) is 4.12. The Hall–Kier alpha value is -6.84. The molecule has 0 spiro atoms. The molecule has 0 atom stereocenters. The van der Waals surface area contributed by atoms with Gasteiger partial charge < -0.3 is 13.9 Å². The van der Waals surface area contributed by atoms with Gasteiger partial charge in [0.15, 0.2) is 0 Å². The molecule has 0 saturated carbocycles. The van der Waals surface area contributed by atoms with E-state index in [0.717, 1.165) is 22.7 Å². The van der Waals surface area contributed by atoms with E-state index in [4.69, 9.17) is 0 Å². The summed E-state index contributed by atoms with van der Waals surface area (Å²) in [5.41, 5.74) is 13.1. The molecule has 0 amide bonds. The lowest BCUT2D eigenvalue weighted by molar-refractivity contribution is 1.17. The third-order valence-corrected chi connectivity index (χ3v) is 10.6. The van der Waals surface area contributed by atoms with Gasteiger partial charge in [-0.3, -0.25) is 0 Å². The molecule has 3 aromatic heterocycles. The van der Waals surface area contributed by atoms with Crippen LogP contribution in [-0.4, -0.2) is 8.97 Å². The van der Waals surface area contributed by atoms with Crippen molar-refractivity contribution in [3.05, 3.63) is 188 Å². The summed E-state index contributed by atoms with van der Waals surface area (Å²) in [4.78, 5) is 2.39. The SMILES string of the molecule is c1ccc(-c2ccc(N(c3ccc(-n4c5ccccc5c5ccccc54)cc3)c3ccc4c(c3)c3cccc5c6ccccc6n4c53)cc2)cc1. The second kappa shape index (κ2) is 10.8. The summed E-state index contributed by atoms with van der Waals surface area (Å²) in [6.45, 7) is 0. The normalized spacial score (nSPS) is 11.9. The van der Waals surface area contributed by atoms with Gasteiger partial charge in [-0.1, -0.05) is 115 Å².